The Morgan fingerprint density at radius 2 is 1.64 bits per heavy atom. The van der Waals surface area contributed by atoms with Gasteiger partial charge < -0.3 is 15.6 Å². The summed E-state index contributed by atoms with van der Waals surface area (Å²) in [5, 5.41) is 15.2. The number of carboxylic acid groups (broad SMARTS) is 1. The molecule has 28 heavy (non-hydrogen) atoms. The molecule has 0 radical (unpaired) electrons. The molecule has 1 aromatic carbocycles. The minimum absolute atomic E-state index is 0.0193. The van der Waals surface area contributed by atoms with Crippen LogP contribution in [0.5, 0.6) is 0 Å². The van der Waals surface area contributed by atoms with Crippen LogP contribution in [0.1, 0.15) is 20.8 Å². The molecule has 0 aliphatic rings. The first kappa shape index (κ1) is 18.8. The van der Waals surface area contributed by atoms with Gasteiger partial charge in [0.2, 0.25) is 0 Å². The molecule has 11 nitrogen and oxygen atoms in total. The summed E-state index contributed by atoms with van der Waals surface area (Å²) in [4.78, 5) is 60.8. The summed E-state index contributed by atoms with van der Waals surface area (Å²) < 4.78 is 2.24. The Hall–Kier alpha value is -4.02. The third kappa shape index (κ3) is 2.78. The van der Waals surface area contributed by atoms with Crippen LogP contribution in [0.3, 0.4) is 0 Å². The molecule has 0 bridgehead atoms. The molecule has 0 fully saturated rings. The molecule has 0 saturated heterocycles. The number of aromatic carboxylic acids is 1. The number of hydrogen-bond acceptors (Lipinski definition) is 8. The molecular formula is C17H14N5O6-. The zero-order valence-electron chi connectivity index (χ0n) is 14.8. The van der Waals surface area contributed by atoms with Crippen molar-refractivity contribution in [3.05, 3.63) is 66.7 Å². The van der Waals surface area contributed by atoms with E-state index in [2.05, 4.69) is 5.10 Å². The fourth-order valence-corrected chi connectivity index (χ4v) is 2.83. The highest BCUT2D eigenvalue weighted by atomic mass is 16.4. The largest absolute Gasteiger partial charge is 0.543 e. The van der Waals surface area contributed by atoms with Gasteiger partial charge in [0.15, 0.2) is 5.78 Å². The first-order valence-electron chi connectivity index (χ1n) is 7.95. The fourth-order valence-electron chi connectivity index (χ4n) is 2.83. The first-order chi connectivity index (χ1) is 13.1. The van der Waals surface area contributed by atoms with Crippen molar-refractivity contribution in [2.45, 2.75) is 6.54 Å². The van der Waals surface area contributed by atoms with Crippen LogP contribution in [0, 0.1) is 0 Å². The van der Waals surface area contributed by atoms with E-state index < -0.39 is 46.4 Å². The number of nitrogen functional groups attached to an aromatic ring is 1. The van der Waals surface area contributed by atoms with Crippen LogP contribution in [0.15, 0.2) is 38.6 Å². The Labute approximate surface area is 155 Å². The number of carbonyl (C=O) groups excluding carboxylic acids is 2. The van der Waals surface area contributed by atoms with Crippen LogP contribution >= 0.6 is 0 Å². The standard InChI is InChI=1S/C17H15N5O6/c1-20-13(18)11(15(25)21(2)17(20)28)10(23)7-22-14(24)9-6-4-3-5-8(9)12(19-22)16(26)27/h3-6H,7,18H2,1-2H3,(H,26,27)/p-1. The number of benzene rings is 1. The summed E-state index contributed by atoms with van der Waals surface area (Å²) in [6.07, 6.45) is 0. The van der Waals surface area contributed by atoms with Crippen LogP contribution in [0.25, 0.3) is 10.8 Å². The van der Waals surface area contributed by atoms with Crippen molar-refractivity contribution < 1.29 is 14.7 Å². The monoisotopic (exact) mass is 384 g/mol. The number of ketones is 1. The molecule has 0 aliphatic heterocycles. The lowest BCUT2D eigenvalue weighted by atomic mass is 10.1. The zero-order chi connectivity index (χ0) is 20.7. The summed E-state index contributed by atoms with van der Waals surface area (Å²) in [5.41, 5.74) is 2.33. The number of rotatable bonds is 4. The van der Waals surface area contributed by atoms with E-state index in [1.165, 1.54) is 38.4 Å². The van der Waals surface area contributed by atoms with Crippen molar-refractivity contribution in [1.82, 2.24) is 18.9 Å². The van der Waals surface area contributed by atoms with Crippen LogP contribution in [-0.2, 0) is 20.6 Å². The van der Waals surface area contributed by atoms with Crippen LogP contribution in [-0.4, -0.2) is 30.7 Å². The molecule has 2 heterocycles. The van der Waals surface area contributed by atoms with Crippen LogP contribution < -0.4 is 27.6 Å². The van der Waals surface area contributed by atoms with Crippen LogP contribution in [0.2, 0.25) is 0 Å². The van der Waals surface area contributed by atoms with Crippen molar-refractivity contribution in [3.63, 3.8) is 0 Å². The van der Waals surface area contributed by atoms with E-state index in [1.54, 1.807) is 0 Å². The Bertz CT molecular complexity index is 1330. The van der Waals surface area contributed by atoms with Gasteiger partial charge in [-0.1, -0.05) is 18.2 Å². The quantitative estimate of drug-likeness (QED) is 0.488. The molecule has 144 valence electrons. The SMILES string of the molecule is Cn1c(N)c(C(=O)Cn2nc(C(=O)[O-])c3ccccc3c2=O)c(=O)n(C)c1=O. The molecule has 0 aliphatic carbocycles. The molecule has 2 N–H and O–H groups in total. The fraction of sp³-hybridized carbons (Fsp3) is 0.176. The van der Waals surface area contributed by atoms with E-state index in [0.717, 1.165) is 4.57 Å². The smallest absolute Gasteiger partial charge is 0.332 e. The third-order valence-corrected chi connectivity index (χ3v) is 4.34. The highest BCUT2D eigenvalue weighted by Gasteiger charge is 2.22. The molecular weight excluding hydrogens is 370 g/mol. The first-order valence-corrected chi connectivity index (χ1v) is 7.95. The predicted octanol–water partition coefficient (Wildman–Crippen LogP) is -2.38. The number of nitrogens with two attached hydrogens (primary N) is 1. The van der Waals surface area contributed by atoms with E-state index in [1.807, 2.05) is 0 Å². The molecule has 11 heteroatoms. The van der Waals surface area contributed by atoms with Gasteiger partial charge in [-0.3, -0.25) is 23.5 Å². The van der Waals surface area contributed by atoms with Gasteiger partial charge in [0.1, 0.15) is 23.6 Å². The lowest BCUT2D eigenvalue weighted by Crippen LogP contribution is -2.42. The number of nitrogens with zero attached hydrogens (tertiary/aromatic N) is 4. The average Bonchev–Trinajstić information content (AvgIpc) is 2.67. The maximum absolute atomic E-state index is 12.7. The van der Waals surface area contributed by atoms with E-state index >= 15 is 0 Å². The van der Waals surface area contributed by atoms with E-state index in [-0.39, 0.29) is 16.6 Å². The summed E-state index contributed by atoms with van der Waals surface area (Å²) >= 11 is 0. The topological polar surface area (TPSA) is 162 Å². The summed E-state index contributed by atoms with van der Waals surface area (Å²) in [6.45, 7) is -0.748. The van der Waals surface area contributed by atoms with Crippen molar-refractivity contribution in [3.8, 4) is 0 Å². The van der Waals surface area contributed by atoms with Crippen molar-refractivity contribution >= 4 is 28.3 Å². The molecule has 0 saturated carbocycles. The number of carboxylic acids is 1. The minimum atomic E-state index is -1.63. The predicted molar refractivity (Wildman–Crippen MR) is 96.0 cm³/mol. The molecule has 0 atom stereocenters. The van der Waals surface area contributed by atoms with Gasteiger partial charge in [-0.25, -0.2) is 9.48 Å². The Morgan fingerprint density at radius 1 is 1.04 bits per heavy atom. The molecule has 3 aromatic rings. The molecule has 0 amide bonds. The number of fused-ring (bicyclic) bond motifs is 1. The maximum Gasteiger partial charge on any atom is 0.332 e. The molecule has 3 rings (SSSR count). The number of anilines is 1. The summed E-state index contributed by atoms with van der Waals surface area (Å²) in [7, 11) is 2.46. The van der Waals surface area contributed by atoms with Gasteiger partial charge in [-0.05, 0) is 6.07 Å². The second-order valence-corrected chi connectivity index (χ2v) is 6.03. The van der Waals surface area contributed by atoms with Crippen molar-refractivity contribution in [1.29, 1.82) is 0 Å². The Balaban J connectivity index is 2.20. The lowest BCUT2D eigenvalue weighted by molar-refractivity contribution is -0.255. The summed E-state index contributed by atoms with van der Waals surface area (Å²) in [5.74, 6) is -2.90. The number of aromatic nitrogens is 4. The summed E-state index contributed by atoms with van der Waals surface area (Å²) in [6, 6.07) is 5.82. The highest BCUT2D eigenvalue weighted by Crippen LogP contribution is 2.13. The number of carbonyl (C=O) groups is 2. The van der Waals surface area contributed by atoms with Gasteiger partial charge >= 0.3 is 5.69 Å². The normalized spacial score (nSPS) is 10.9. The minimum Gasteiger partial charge on any atom is -0.543 e. The third-order valence-electron chi connectivity index (χ3n) is 4.34. The van der Waals surface area contributed by atoms with Crippen molar-refractivity contribution in [2.75, 3.05) is 5.73 Å². The Kier molecular flexibility index (Phi) is 4.43. The molecule has 2 aromatic heterocycles. The maximum atomic E-state index is 12.7. The van der Waals surface area contributed by atoms with Gasteiger partial charge in [-0.15, -0.1) is 0 Å². The Morgan fingerprint density at radius 3 is 2.25 bits per heavy atom. The number of Topliss-reactive ketones (excluding diaryl/α,β-unsaturated/α-hetero) is 1. The van der Waals surface area contributed by atoms with E-state index in [0.29, 0.717) is 9.25 Å². The molecule has 0 spiro atoms. The number of hydrogen-bond donors (Lipinski definition) is 1. The van der Waals surface area contributed by atoms with Gasteiger partial charge in [0.25, 0.3) is 11.1 Å². The lowest BCUT2D eigenvalue weighted by Gasteiger charge is -2.13. The second kappa shape index (κ2) is 6.61. The average molecular weight is 384 g/mol. The molecule has 0 unspecified atom stereocenters. The van der Waals surface area contributed by atoms with E-state index in [9.17, 15) is 29.1 Å². The van der Waals surface area contributed by atoms with Gasteiger partial charge in [0.05, 0.1) is 11.4 Å². The van der Waals surface area contributed by atoms with Gasteiger partial charge in [-0.2, -0.15) is 5.10 Å². The zero-order valence-corrected chi connectivity index (χ0v) is 14.8. The van der Waals surface area contributed by atoms with E-state index in [4.69, 9.17) is 5.73 Å². The highest BCUT2D eigenvalue weighted by molar-refractivity contribution is 6.01. The van der Waals surface area contributed by atoms with Gasteiger partial charge in [0, 0.05) is 19.5 Å². The second-order valence-electron chi connectivity index (χ2n) is 6.03. The van der Waals surface area contributed by atoms with Crippen molar-refractivity contribution in [2.24, 2.45) is 14.1 Å². The van der Waals surface area contributed by atoms with Crippen LogP contribution in [0.4, 0.5) is 5.82 Å².